The molecule has 0 unspecified atom stereocenters. The largest absolute Gasteiger partial charge is 0.303 e. The number of halogens is 3. The minimum absolute atomic E-state index is 0.201. The summed E-state index contributed by atoms with van der Waals surface area (Å²) in [5.74, 6) is -4.89. The molecule has 1 nitrogen and oxygen atoms in total. The van der Waals surface area contributed by atoms with Crippen molar-refractivity contribution in [1.82, 2.24) is 0 Å². The fraction of sp³-hybridized carbons (Fsp3) is 0.286. The van der Waals surface area contributed by atoms with Crippen LogP contribution in [0, 0.1) is 0 Å². The van der Waals surface area contributed by atoms with E-state index in [4.69, 9.17) is 0 Å². The van der Waals surface area contributed by atoms with E-state index in [0.29, 0.717) is 0 Å². The molecule has 0 bridgehead atoms. The fourth-order valence-electron chi connectivity index (χ4n) is 0.817. The lowest BCUT2D eigenvalue weighted by Crippen LogP contribution is -2.29. The van der Waals surface area contributed by atoms with E-state index < -0.39 is 18.2 Å². The zero-order valence-electron chi connectivity index (χ0n) is 5.53. The maximum absolute atomic E-state index is 12.3. The van der Waals surface area contributed by atoms with Gasteiger partial charge in [0.1, 0.15) is 6.29 Å². The van der Waals surface area contributed by atoms with Crippen LogP contribution >= 0.6 is 0 Å². The van der Waals surface area contributed by atoms with Crippen molar-refractivity contribution < 1.29 is 18.0 Å². The number of carbonyl (C=O) groups is 1. The maximum Gasteiger partial charge on any atom is 0.303 e. The number of rotatable bonds is 2. The Bertz CT molecular complexity index is 252. The Morgan fingerprint density at radius 2 is 2.18 bits per heavy atom. The van der Waals surface area contributed by atoms with Crippen molar-refractivity contribution in [2.24, 2.45) is 0 Å². The summed E-state index contributed by atoms with van der Waals surface area (Å²) in [5, 5.41) is 0. The van der Waals surface area contributed by atoms with Crippen LogP contribution in [0.2, 0.25) is 0 Å². The Balaban J connectivity index is 2.89. The Hall–Kier alpha value is -1.06. The van der Waals surface area contributed by atoms with Gasteiger partial charge in [0, 0.05) is 17.6 Å². The smallest absolute Gasteiger partial charge is 0.298 e. The number of hydrogen-bond acceptors (Lipinski definition) is 1. The normalized spacial score (nSPS) is 21.0. The van der Waals surface area contributed by atoms with Gasteiger partial charge < -0.3 is 0 Å². The summed E-state index contributed by atoms with van der Waals surface area (Å²) >= 11 is 0. The summed E-state index contributed by atoms with van der Waals surface area (Å²) in [6.45, 7) is 3.11. The van der Waals surface area contributed by atoms with Gasteiger partial charge >= 0.3 is 5.92 Å². The summed E-state index contributed by atoms with van der Waals surface area (Å²) < 4.78 is 36.5. The number of alkyl halides is 2. The van der Waals surface area contributed by atoms with Gasteiger partial charge in [0.2, 0.25) is 0 Å². The highest BCUT2D eigenvalue weighted by Crippen LogP contribution is 2.46. The third kappa shape index (κ3) is 1.08. The number of aldehydes is 1. The quantitative estimate of drug-likeness (QED) is 0.448. The van der Waals surface area contributed by atoms with E-state index in [2.05, 4.69) is 6.58 Å². The highest BCUT2D eigenvalue weighted by Gasteiger charge is 2.48. The van der Waals surface area contributed by atoms with Gasteiger partial charge in [-0.1, -0.05) is 6.58 Å². The fourth-order valence-corrected chi connectivity index (χ4v) is 0.817. The van der Waals surface area contributed by atoms with Crippen LogP contribution in [0.15, 0.2) is 23.6 Å². The predicted octanol–water partition coefficient (Wildman–Crippen LogP) is 2.00. The first-order valence-corrected chi connectivity index (χ1v) is 2.90. The maximum atomic E-state index is 12.3. The molecule has 11 heavy (non-hydrogen) atoms. The van der Waals surface area contributed by atoms with Gasteiger partial charge in [-0.2, -0.15) is 8.78 Å². The first-order valence-electron chi connectivity index (χ1n) is 2.90. The second-order valence-electron chi connectivity index (χ2n) is 2.32. The predicted molar refractivity (Wildman–Crippen MR) is 32.9 cm³/mol. The van der Waals surface area contributed by atoms with Crippen LogP contribution in [-0.2, 0) is 4.79 Å². The van der Waals surface area contributed by atoms with Gasteiger partial charge in [-0.15, -0.1) is 0 Å². The van der Waals surface area contributed by atoms with E-state index in [-0.39, 0.29) is 17.4 Å². The van der Waals surface area contributed by atoms with E-state index in [1.54, 1.807) is 0 Å². The van der Waals surface area contributed by atoms with Gasteiger partial charge in [-0.3, -0.25) is 4.79 Å². The van der Waals surface area contributed by atoms with E-state index in [9.17, 15) is 18.0 Å². The molecule has 0 aliphatic heterocycles. The minimum Gasteiger partial charge on any atom is -0.298 e. The zero-order chi connectivity index (χ0) is 8.65. The van der Waals surface area contributed by atoms with Gasteiger partial charge in [0.25, 0.3) is 0 Å². The Labute approximate surface area is 61.2 Å². The molecular formula is C7H5F3O. The summed E-state index contributed by atoms with van der Waals surface area (Å²) in [4.78, 5) is 9.95. The molecule has 0 heterocycles. The lowest BCUT2D eigenvalue weighted by Gasteiger charge is -2.27. The third-order valence-electron chi connectivity index (χ3n) is 1.51. The molecule has 1 aliphatic rings. The van der Waals surface area contributed by atoms with Crippen LogP contribution in [0.4, 0.5) is 13.2 Å². The minimum atomic E-state index is -3.37. The van der Waals surface area contributed by atoms with E-state index in [1.807, 2.05) is 0 Å². The Morgan fingerprint density at radius 3 is 2.45 bits per heavy atom. The van der Waals surface area contributed by atoms with Crippen LogP contribution in [0.25, 0.3) is 0 Å². The molecule has 0 saturated heterocycles. The summed E-state index contributed by atoms with van der Waals surface area (Å²) in [6, 6.07) is 0. The zero-order valence-corrected chi connectivity index (χ0v) is 5.53. The molecular weight excluding hydrogens is 157 g/mol. The van der Waals surface area contributed by atoms with Crippen molar-refractivity contribution in [3.63, 3.8) is 0 Å². The topological polar surface area (TPSA) is 17.1 Å². The Kier molecular flexibility index (Phi) is 1.62. The van der Waals surface area contributed by atoms with Gasteiger partial charge in [0.15, 0.2) is 5.83 Å². The first-order chi connectivity index (χ1) is 4.99. The molecule has 0 atom stereocenters. The average molecular weight is 162 g/mol. The highest BCUT2D eigenvalue weighted by molar-refractivity contribution is 5.80. The van der Waals surface area contributed by atoms with Gasteiger partial charge in [0.05, 0.1) is 0 Å². The first kappa shape index (κ1) is 8.04. The highest BCUT2D eigenvalue weighted by atomic mass is 19.3. The third-order valence-corrected chi connectivity index (χ3v) is 1.51. The van der Waals surface area contributed by atoms with Crippen LogP contribution in [0.5, 0.6) is 0 Å². The molecule has 1 rings (SSSR count). The molecule has 0 aromatic carbocycles. The molecule has 0 amide bonds. The molecule has 0 fully saturated rings. The van der Waals surface area contributed by atoms with Crippen LogP contribution in [0.1, 0.15) is 6.42 Å². The van der Waals surface area contributed by atoms with Gasteiger partial charge in [-0.25, -0.2) is 4.39 Å². The number of carbonyl (C=O) groups excluding carboxylic acids is 1. The lowest BCUT2D eigenvalue weighted by molar-refractivity contribution is -0.104. The summed E-state index contributed by atoms with van der Waals surface area (Å²) in [5.41, 5.74) is -0.460. The van der Waals surface area contributed by atoms with Crippen molar-refractivity contribution in [2.75, 3.05) is 0 Å². The molecule has 4 heteroatoms. The number of hydrogen-bond donors (Lipinski definition) is 0. The molecule has 0 aromatic heterocycles. The molecule has 0 aromatic rings. The second kappa shape index (κ2) is 2.22. The summed E-state index contributed by atoms with van der Waals surface area (Å²) in [6.07, 6.45) is -0.444. The molecule has 0 radical (unpaired) electrons. The van der Waals surface area contributed by atoms with Crippen molar-refractivity contribution in [3.05, 3.63) is 23.6 Å². The molecule has 1 aliphatic carbocycles. The van der Waals surface area contributed by atoms with Crippen molar-refractivity contribution >= 4 is 6.29 Å². The SMILES string of the molecule is C=C(C=O)C1=C(F)C(F)(F)C1. The van der Waals surface area contributed by atoms with Crippen molar-refractivity contribution in [3.8, 4) is 0 Å². The van der Waals surface area contributed by atoms with E-state index in [0.717, 1.165) is 0 Å². The van der Waals surface area contributed by atoms with Gasteiger partial charge in [-0.05, 0) is 0 Å². The monoisotopic (exact) mass is 162 g/mol. The average Bonchev–Trinajstić information content (AvgIpc) is 1.98. The second-order valence-corrected chi connectivity index (χ2v) is 2.32. The van der Waals surface area contributed by atoms with Crippen molar-refractivity contribution in [2.45, 2.75) is 12.3 Å². The molecule has 0 N–H and O–H groups in total. The van der Waals surface area contributed by atoms with E-state index >= 15 is 0 Å². The summed E-state index contributed by atoms with van der Waals surface area (Å²) in [7, 11) is 0. The molecule has 0 spiro atoms. The molecule has 60 valence electrons. The van der Waals surface area contributed by atoms with Crippen molar-refractivity contribution in [1.29, 1.82) is 0 Å². The van der Waals surface area contributed by atoms with Crippen LogP contribution < -0.4 is 0 Å². The lowest BCUT2D eigenvalue weighted by atomic mass is 9.88. The Morgan fingerprint density at radius 1 is 1.64 bits per heavy atom. The van der Waals surface area contributed by atoms with E-state index in [1.165, 1.54) is 0 Å². The van der Waals surface area contributed by atoms with Crippen LogP contribution in [-0.4, -0.2) is 12.2 Å². The molecule has 0 saturated carbocycles. The van der Waals surface area contributed by atoms with Crippen LogP contribution in [0.3, 0.4) is 0 Å². The number of allylic oxidation sites excluding steroid dienone is 3. The standard InChI is InChI=1S/C7H5F3O/c1-4(3-11)5-2-7(9,10)6(5)8/h3H,1-2H2.